The number of para-hydroxylation sites is 1. The summed E-state index contributed by atoms with van der Waals surface area (Å²) in [7, 11) is 0. The molecular formula is C13H15NO3. The number of nitrogens with one attached hydrogen (secondary N) is 1. The molecule has 1 aromatic heterocycles. The predicted molar refractivity (Wildman–Crippen MR) is 66.3 cm³/mol. The Kier molecular flexibility index (Phi) is 3.13. The highest BCUT2D eigenvalue weighted by atomic mass is 16.4. The van der Waals surface area contributed by atoms with Gasteiger partial charge in [-0.1, -0.05) is 26.0 Å². The lowest BCUT2D eigenvalue weighted by molar-refractivity contribution is 0.459. The van der Waals surface area contributed by atoms with Gasteiger partial charge >= 0.3 is 11.4 Å². The van der Waals surface area contributed by atoms with Gasteiger partial charge in [0, 0.05) is 0 Å². The number of hydrogen-bond donors (Lipinski definition) is 1. The van der Waals surface area contributed by atoms with Crippen molar-refractivity contribution in [1.82, 2.24) is 4.98 Å². The molecule has 0 bridgehead atoms. The van der Waals surface area contributed by atoms with Crippen LogP contribution in [0.1, 0.15) is 25.8 Å². The molecule has 0 saturated heterocycles. The van der Waals surface area contributed by atoms with E-state index in [2.05, 4.69) is 23.2 Å². The topological polar surface area (TPSA) is 63.1 Å². The molecule has 2 rings (SSSR count). The highest BCUT2D eigenvalue weighted by Crippen LogP contribution is 2.16. The lowest BCUT2D eigenvalue weighted by Gasteiger charge is -2.06. The molecule has 0 unspecified atom stereocenters. The van der Waals surface area contributed by atoms with Crippen LogP contribution in [0.5, 0.6) is 0 Å². The molecule has 17 heavy (non-hydrogen) atoms. The largest absolute Gasteiger partial charge is 0.419 e. The van der Waals surface area contributed by atoms with Crippen molar-refractivity contribution in [3.8, 4) is 0 Å². The quantitative estimate of drug-likeness (QED) is 0.882. The second kappa shape index (κ2) is 4.57. The summed E-state index contributed by atoms with van der Waals surface area (Å²) in [5.74, 6) is -0.114. The zero-order valence-electron chi connectivity index (χ0n) is 9.95. The molecule has 0 amide bonds. The molecule has 0 fully saturated rings. The fourth-order valence-corrected chi connectivity index (χ4v) is 1.84. The minimum absolute atomic E-state index is 0.436. The minimum atomic E-state index is -0.695. The SMILES string of the molecule is CC(C)CCc1cccc2c(=O)oc(=O)[nH]c12. The van der Waals surface area contributed by atoms with Gasteiger partial charge in [0.25, 0.3) is 0 Å². The maximum absolute atomic E-state index is 11.5. The number of H-pyrrole nitrogens is 1. The minimum Gasteiger partial charge on any atom is -0.372 e. The molecule has 4 heteroatoms. The highest BCUT2D eigenvalue weighted by Gasteiger charge is 2.07. The maximum Gasteiger partial charge on any atom is 0.419 e. The van der Waals surface area contributed by atoms with E-state index in [0.717, 1.165) is 18.4 Å². The van der Waals surface area contributed by atoms with Crippen molar-refractivity contribution in [2.24, 2.45) is 5.92 Å². The van der Waals surface area contributed by atoms with E-state index in [1.165, 1.54) is 0 Å². The fraction of sp³-hybridized carbons (Fsp3) is 0.385. The van der Waals surface area contributed by atoms with Crippen LogP contribution in [0, 0.1) is 5.92 Å². The summed E-state index contributed by atoms with van der Waals surface area (Å²) in [6.07, 6.45) is 1.86. The number of rotatable bonds is 3. The van der Waals surface area contributed by atoms with Crippen molar-refractivity contribution in [3.63, 3.8) is 0 Å². The maximum atomic E-state index is 11.5. The molecule has 0 aliphatic heterocycles. The van der Waals surface area contributed by atoms with Crippen molar-refractivity contribution in [3.05, 3.63) is 44.7 Å². The van der Waals surface area contributed by atoms with Gasteiger partial charge in [-0.3, -0.25) is 4.98 Å². The molecular weight excluding hydrogens is 218 g/mol. The summed E-state index contributed by atoms with van der Waals surface area (Å²) in [6, 6.07) is 5.41. The van der Waals surface area contributed by atoms with Crippen LogP contribution < -0.4 is 11.4 Å². The van der Waals surface area contributed by atoms with Crippen molar-refractivity contribution in [1.29, 1.82) is 0 Å². The Morgan fingerprint density at radius 1 is 1.29 bits per heavy atom. The third-order valence-corrected chi connectivity index (χ3v) is 2.77. The third-order valence-electron chi connectivity index (χ3n) is 2.77. The molecule has 1 N–H and O–H groups in total. The Bertz CT molecular complexity index is 637. The van der Waals surface area contributed by atoms with Gasteiger partial charge in [0.05, 0.1) is 10.9 Å². The van der Waals surface area contributed by atoms with E-state index in [9.17, 15) is 9.59 Å². The van der Waals surface area contributed by atoms with Gasteiger partial charge in [-0.15, -0.1) is 0 Å². The van der Waals surface area contributed by atoms with Crippen LogP contribution in [0.4, 0.5) is 0 Å². The van der Waals surface area contributed by atoms with E-state index in [4.69, 9.17) is 0 Å². The number of aryl methyl sites for hydroxylation is 1. The molecule has 0 atom stereocenters. The number of aromatic amines is 1. The monoisotopic (exact) mass is 233 g/mol. The predicted octanol–water partition coefficient (Wildman–Crippen LogP) is 2.07. The van der Waals surface area contributed by atoms with Crippen LogP contribution >= 0.6 is 0 Å². The molecule has 2 aromatic rings. The summed E-state index contributed by atoms with van der Waals surface area (Å²) in [6.45, 7) is 4.28. The number of aromatic nitrogens is 1. The first-order valence-corrected chi connectivity index (χ1v) is 5.73. The first-order valence-electron chi connectivity index (χ1n) is 5.73. The van der Waals surface area contributed by atoms with Gasteiger partial charge in [-0.2, -0.15) is 0 Å². The van der Waals surface area contributed by atoms with Crippen molar-refractivity contribution < 1.29 is 4.42 Å². The first-order chi connectivity index (χ1) is 8.08. The molecule has 0 radical (unpaired) electrons. The van der Waals surface area contributed by atoms with Gasteiger partial charge < -0.3 is 4.42 Å². The molecule has 1 heterocycles. The van der Waals surface area contributed by atoms with E-state index in [1.54, 1.807) is 6.07 Å². The second-order valence-electron chi connectivity index (χ2n) is 4.57. The Balaban J connectivity index is 2.56. The zero-order valence-corrected chi connectivity index (χ0v) is 9.95. The molecule has 0 aliphatic rings. The summed E-state index contributed by atoms with van der Waals surface area (Å²) in [4.78, 5) is 25.3. The fourth-order valence-electron chi connectivity index (χ4n) is 1.84. The van der Waals surface area contributed by atoms with E-state index < -0.39 is 11.4 Å². The number of benzene rings is 1. The number of fused-ring (bicyclic) bond motifs is 1. The highest BCUT2D eigenvalue weighted by molar-refractivity contribution is 5.80. The van der Waals surface area contributed by atoms with E-state index >= 15 is 0 Å². The van der Waals surface area contributed by atoms with Crippen LogP contribution in [0.25, 0.3) is 10.9 Å². The summed E-state index contributed by atoms with van der Waals surface area (Å²) in [5.41, 5.74) is 1.02. The van der Waals surface area contributed by atoms with Crippen molar-refractivity contribution in [2.75, 3.05) is 0 Å². The van der Waals surface area contributed by atoms with Gasteiger partial charge in [-0.05, 0) is 30.4 Å². The zero-order chi connectivity index (χ0) is 12.4. The van der Waals surface area contributed by atoms with Crippen molar-refractivity contribution in [2.45, 2.75) is 26.7 Å². The van der Waals surface area contributed by atoms with Crippen LogP contribution in [0.2, 0.25) is 0 Å². The number of hydrogen-bond acceptors (Lipinski definition) is 3. The van der Waals surface area contributed by atoms with Gasteiger partial charge in [-0.25, -0.2) is 9.59 Å². The Labute approximate surface area is 98.3 Å². The van der Waals surface area contributed by atoms with E-state index in [-0.39, 0.29) is 0 Å². The molecule has 0 saturated carbocycles. The van der Waals surface area contributed by atoms with Crippen LogP contribution in [0.15, 0.2) is 32.2 Å². The Morgan fingerprint density at radius 3 is 2.76 bits per heavy atom. The van der Waals surface area contributed by atoms with Crippen LogP contribution in [-0.4, -0.2) is 4.98 Å². The lowest BCUT2D eigenvalue weighted by atomic mass is 10.0. The second-order valence-corrected chi connectivity index (χ2v) is 4.57. The van der Waals surface area contributed by atoms with Crippen LogP contribution in [0.3, 0.4) is 0 Å². The average Bonchev–Trinajstić information content (AvgIpc) is 2.26. The van der Waals surface area contributed by atoms with Gasteiger partial charge in [0.15, 0.2) is 0 Å². The third kappa shape index (κ3) is 2.46. The standard InChI is InChI=1S/C13H15NO3/c1-8(2)6-7-9-4-3-5-10-11(9)14-13(16)17-12(10)15/h3-5,8H,6-7H2,1-2H3,(H,14,16). The summed E-state index contributed by atoms with van der Waals surface area (Å²) >= 11 is 0. The van der Waals surface area contributed by atoms with E-state index in [0.29, 0.717) is 16.8 Å². The molecule has 1 aromatic carbocycles. The average molecular weight is 233 g/mol. The normalized spacial score (nSPS) is 11.2. The molecule has 4 nitrogen and oxygen atoms in total. The molecule has 0 spiro atoms. The smallest absolute Gasteiger partial charge is 0.372 e. The molecule has 90 valence electrons. The van der Waals surface area contributed by atoms with E-state index in [1.807, 2.05) is 12.1 Å². The Morgan fingerprint density at radius 2 is 2.06 bits per heavy atom. The van der Waals surface area contributed by atoms with Gasteiger partial charge in [0.2, 0.25) is 0 Å². The van der Waals surface area contributed by atoms with Crippen LogP contribution in [-0.2, 0) is 6.42 Å². The molecule has 0 aliphatic carbocycles. The van der Waals surface area contributed by atoms with Gasteiger partial charge in [0.1, 0.15) is 0 Å². The Hall–Kier alpha value is -1.84. The van der Waals surface area contributed by atoms with Crippen molar-refractivity contribution >= 4 is 10.9 Å². The summed E-state index contributed by atoms with van der Waals surface area (Å²) < 4.78 is 4.50. The first kappa shape index (κ1) is 11.6. The summed E-state index contributed by atoms with van der Waals surface area (Å²) in [5, 5.41) is 0.436. The lowest BCUT2D eigenvalue weighted by Crippen LogP contribution is -2.15.